The van der Waals surface area contributed by atoms with Gasteiger partial charge in [-0.25, -0.2) is 9.97 Å². The lowest BCUT2D eigenvalue weighted by Crippen LogP contribution is -2.46. The van der Waals surface area contributed by atoms with Gasteiger partial charge in [0.15, 0.2) is 11.5 Å². The first-order chi connectivity index (χ1) is 13.3. The van der Waals surface area contributed by atoms with Crippen LogP contribution in [0.3, 0.4) is 0 Å². The zero-order valence-corrected chi connectivity index (χ0v) is 15.6. The number of piperidine rings is 1. The molecule has 0 spiro atoms. The van der Waals surface area contributed by atoms with Crippen LogP contribution in [-0.2, 0) is 6.54 Å². The van der Waals surface area contributed by atoms with Crippen LogP contribution in [0.1, 0.15) is 37.2 Å². The predicted molar refractivity (Wildman–Crippen MR) is 101 cm³/mol. The molecule has 1 saturated heterocycles. The number of anilines is 1. The van der Waals surface area contributed by atoms with Crippen LogP contribution in [0.5, 0.6) is 0 Å². The molecule has 0 N–H and O–H groups in total. The summed E-state index contributed by atoms with van der Waals surface area (Å²) < 4.78 is 1.87. The fourth-order valence-electron chi connectivity index (χ4n) is 4.04. The lowest BCUT2D eigenvalue weighted by Gasteiger charge is -2.39. The van der Waals surface area contributed by atoms with Crippen LogP contribution in [-0.4, -0.2) is 59.9 Å². The second kappa shape index (κ2) is 6.84. The van der Waals surface area contributed by atoms with Crippen LogP contribution in [0.4, 0.5) is 5.82 Å². The predicted octanol–water partition coefficient (Wildman–Crippen LogP) is 1.86. The van der Waals surface area contributed by atoms with Crippen LogP contribution in [0, 0.1) is 6.92 Å². The molecule has 140 valence electrons. The van der Waals surface area contributed by atoms with E-state index in [0.717, 1.165) is 55.5 Å². The van der Waals surface area contributed by atoms with Crippen molar-refractivity contribution in [3.8, 4) is 0 Å². The summed E-state index contributed by atoms with van der Waals surface area (Å²) in [5.74, 6) is 2.00. The fourth-order valence-corrected chi connectivity index (χ4v) is 4.04. The monoisotopic (exact) mass is 364 g/mol. The van der Waals surface area contributed by atoms with Crippen molar-refractivity contribution in [3.63, 3.8) is 0 Å². The first-order valence-corrected chi connectivity index (χ1v) is 9.72. The van der Waals surface area contributed by atoms with Crippen LogP contribution < -0.4 is 4.90 Å². The van der Waals surface area contributed by atoms with E-state index in [4.69, 9.17) is 0 Å². The quantitative estimate of drug-likeness (QED) is 0.684. The maximum absolute atomic E-state index is 4.56. The van der Waals surface area contributed by atoms with Crippen molar-refractivity contribution >= 4 is 11.5 Å². The molecule has 1 aliphatic carbocycles. The maximum atomic E-state index is 4.56. The van der Waals surface area contributed by atoms with Gasteiger partial charge in [0.2, 0.25) is 0 Å². The molecule has 8 nitrogen and oxygen atoms in total. The second-order valence-electron chi connectivity index (χ2n) is 7.57. The number of aryl methyl sites for hydroxylation is 1. The zero-order chi connectivity index (χ0) is 18.2. The van der Waals surface area contributed by atoms with Gasteiger partial charge in [-0.2, -0.15) is 9.61 Å². The Kier molecular flexibility index (Phi) is 4.20. The second-order valence-corrected chi connectivity index (χ2v) is 7.57. The Morgan fingerprint density at radius 1 is 1.04 bits per heavy atom. The number of hydrogen-bond donors (Lipinski definition) is 0. The topological polar surface area (TPSA) is 75.3 Å². The molecule has 2 fully saturated rings. The van der Waals surface area contributed by atoms with Crippen LogP contribution >= 0.6 is 0 Å². The normalized spacial score (nSPS) is 18.9. The minimum atomic E-state index is 0.555. The first-order valence-electron chi connectivity index (χ1n) is 9.72. The highest BCUT2D eigenvalue weighted by atomic mass is 15.4. The molecule has 5 rings (SSSR count). The molecule has 0 atom stereocenters. The third-order valence-corrected chi connectivity index (χ3v) is 5.55. The zero-order valence-electron chi connectivity index (χ0n) is 15.6. The summed E-state index contributed by atoms with van der Waals surface area (Å²) in [6, 6.07) is 7.20. The Morgan fingerprint density at radius 2 is 1.85 bits per heavy atom. The van der Waals surface area contributed by atoms with E-state index in [1.807, 2.05) is 35.8 Å². The van der Waals surface area contributed by atoms with Gasteiger partial charge in [-0.05, 0) is 50.8 Å². The number of aromatic nitrogens is 6. The first kappa shape index (κ1) is 16.6. The highest BCUT2D eigenvalue weighted by Gasteiger charge is 2.36. The van der Waals surface area contributed by atoms with Gasteiger partial charge in [0.25, 0.3) is 0 Å². The van der Waals surface area contributed by atoms with Crippen molar-refractivity contribution in [2.75, 3.05) is 18.0 Å². The SMILES string of the molecule is Cc1ccc2nnc(CN3CCC(N(c4ccncn4)C4CC4)CC3)n2n1. The van der Waals surface area contributed by atoms with Crippen molar-refractivity contribution < 1.29 is 0 Å². The van der Waals surface area contributed by atoms with Gasteiger partial charge in [-0.3, -0.25) is 4.90 Å². The highest BCUT2D eigenvalue weighted by molar-refractivity contribution is 5.42. The van der Waals surface area contributed by atoms with Gasteiger partial charge in [-0.15, -0.1) is 10.2 Å². The average Bonchev–Trinajstić information content (AvgIpc) is 3.46. The maximum Gasteiger partial charge on any atom is 0.177 e. The Hall–Kier alpha value is -2.61. The molecule has 0 aromatic carbocycles. The Balaban J connectivity index is 1.26. The summed E-state index contributed by atoms with van der Waals surface area (Å²) in [5.41, 5.74) is 1.79. The van der Waals surface area contributed by atoms with Crippen molar-refractivity contribution in [1.29, 1.82) is 0 Å². The smallest absolute Gasteiger partial charge is 0.177 e. The molecule has 3 aromatic heterocycles. The molecule has 0 bridgehead atoms. The minimum absolute atomic E-state index is 0.555. The Bertz CT molecular complexity index is 912. The number of likely N-dealkylation sites (tertiary alicyclic amines) is 1. The molecule has 1 aliphatic heterocycles. The summed E-state index contributed by atoms with van der Waals surface area (Å²) in [5, 5.41) is 13.2. The number of rotatable bonds is 5. The summed E-state index contributed by atoms with van der Waals surface area (Å²) in [4.78, 5) is 13.6. The molecule has 0 amide bonds. The van der Waals surface area contributed by atoms with E-state index in [9.17, 15) is 0 Å². The molecule has 27 heavy (non-hydrogen) atoms. The van der Waals surface area contributed by atoms with E-state index in [1.54, 1.807) is 6.33 Å². The van der Waals surface area contributed by atoms with Crippen molar-refractivity contribution in [3.05, 3.63) is 42.2 Å². The third kappa shape index (κ3) is 3.37. The van der Waals surface area contributed by atoms with E-state index in [1.165, 1.54) is 12.8 Å². The lowest BCUT2D eigenvalue weighted by molar-refractivity contribution is 0.195. The van der Waals surface area contributed by atoms with Crippen LogP contribution in [0.15, 0.2) is 30.7 Å². The van der Waals surface area contributed by atoms with Crippen molar-refractivity contribution in [1.82, 2.24) is 34.7 Å². The largest absolute Gasteiger partial charge is 0.350 e. The summed E-state index contributed by atoms with van der Waals surface area (Å²) in [6.45, 7) is 4.90. The van der Waals surface area contributed by atoms with Gasteiger partial charge in [0.1, 0.15) is 12.1 Å². The summed E-state index contributed by atoms with van der Waals surface area (Å²) in [6.07, 6.45) is 8.35. The highest BCUT2D eigenvalue weighted by Crippen LogP contribution is 2.35. The molecule has 0 radical (unpaired) electrons. The molecule has 0 unspecified atom stereocenters. The van der Waals surface area contributed by atoms with Crippen LogP contribution in [0.2, 0.25) is 0 Å². The van der Waals surface area contributed by atoms with Gasteiger partial charge in [0, 0.05) is 31.4 Å². The third-order valence-electron chi connectivity index (χ3n) is 5.55. The molecule has 2 aliphatic rings. The molecule has 3 aromatic rings. The lowest BCUT2D eigenvalue weighted by atomic mass is 10.0. The van der Waals surface area contributed by atoms with Crippen molar-refractivity contribution in [2.45, 2.75) is 51.2 Å². The molecule has 1 saturated carbocycles. The standard InChI is InChI=1S/C19H24N8/c1-14-2-5-18-22-23-19(27(18)24-14)12-25-10-7-16(8-11-25)26(15-3-4-15)17-6-9-20-13-21-17/h2,5-6,9,13,15-16H,3-4,7-8,10-12H2,1H3. The summed E-state index contributed by atoms with van der Waals surface area (Å²) in [7, 11) is 0. The Morgan fingerprint density at radius 3 is 2.59 bits per heavy atom. The van der Waals surface area contributed by atoms with Crippen LogP contribution in [0.25, 0.3) is 5.65 Å². The van der Waals surface area contributed by atoms with Gasteiger partial charge in [0.05, 0.1) is 12.2 Å². The number of hydrogen-bond acceptors (Lipinski definition) is 7. The van der Waals surface area contributed by atoms with E-state index < -0.39 is 0 Å². The average molecular weight is 364 g/mol. The molecule has 4 heterocycles. The van der Waals surface area contributed by atoms with Gasteiger partial charge >= 0.3 is 0 Å². The summed E-state index contributed by atoms with van der Waals surface area (Å²) >= 11 is 0. The van der Waals surface area contributed by atoms with E-state index in [2.05, 4.69) is 35.1 Å². The van der Waals surface area contributed by atoms with Gasteiger partial charge < -0.3 is 4.90 Å². The Labute approximate surface area is 158 Å². The molecular formula is C19H24N8. The van der Waals surface area contributed by atoms with E-state index in [0.29, 0.717) is 12.1 Å². The number of nitrogens with zero attached hydrogens (tertiary/aromatic N) is 8. The fraction of sp³-hybridized carbons (Fsp3) is 0.526. The number of fused-ring (bicyclic) bond motifs is 1. The van der Waals surface area contributed by atoms with Gasteiger partial charge in [-0.1, -0.05) is 0 Å². The van der Waals surface area contributed by atoms with E-state index in [-0.39, 0.29) is 0 Å². The van der Waals surface area contributed by atoms with E-state index >= 15 is 0 Å². The molecular weight excluding hydrogens is 340 g/mol. The van der Waals surface area contributed by atoms with Crippen molar-refractivity contribution in [2.24, 2.45) is 0 Å². The minimum Gasteiger partial charge on any atom is -0.350 e. The molecule has 8 heteroatoms.